The molecule has 1 aliphatic heterocycles. The van der Waals surface area contributed by atoms with Crippen molar-refractivity contribution in [2.75, 3.05) is 24.6 Å². The molecule has 0 spiro atoms. The van der Waals surface area contributed by atoms with Crippen molar-refractivity contribution in [2.24, 2.45) is 0 Å². The summed E-state index contributed by atoms with van der Waals surface area (Å²) in [5.74, 6) is -1.46. The topological polar surface area (TPSA) is 104 Å². The van der Waals surface area contributed by atoms with Crippen LogP contribution in [0, 0.1) is 0 Å². The monoisotopic (exact) mass is 376 g/mol. The number of carbonyl (C=O) groups excluding carboxylic acids is 3. The van der Waals surface area contributed by atoms with Gasteiger partial charge in [0.25, 0.3) is 5.91 Å². The number of fused-ring (bicyclic) bond motifs is 1. The summed E-state index contributed by atoms with van der Waals surface area (Å²) >= 11 is 0. The van der Waals surface area contributed by atoms with Crippen LogP contribution >= 0.6 is 0 Å². The Hall–Kier alpha value is -2.90. The van der Waals surface area contributed by atoms with Crippen LogP contribution in [0.1, 0.15) is 44.0 Å². The van der Waals surface area contributed by atoms with E-state index in [1.807, 2.05) is 6.92 Å². The second-order valence-corrected chi connectivity index (χ2v) is 6.44. The first-order valence-corrected chi connectivity index (χ1v) is 8.86. The number of hydrogen-bond donors (Lipinski definition) is 1. The largest absolute Gasteiger partial charge is 0.482 e. The number of amides is 2. The molecule has 2 amide bonds. The van der Waals surface area contributed by atoms with Gasteiger partial charge in [0.1, 0.15) is 11.8 Å². The van der Waals surface area contributed by atoms with Crippen LogP contribution in [0.3, 0.4) is 0 Å². The van der Waals surface area contributed by atoms with Crippen molar-refractivity contribution in [3.8, 4) is 5.75 Å². The normalized spacial score (nSPS) is 14.2. The van der Waals surface area contributed by atoms with Gasteiger partial charge in [-0.1, -0.05) is 6.92 Å². The van der Waals surface area contributed by atoms with Gasteiger partial charge in [0.2, 0.25) is 5.91 Å². The lowest BCUT2D eigenvalue weighted by Gasteiger charge is -2.36. The van der Waals surface area contributed by atoms with Crippen LogP contribution in [0.15, 0.2) is 18.2 Å². The smallest absolute Gasteiger partial charge is 0.305 e. The Balaban J connectivity index is 2.33. The van der Waals surface area contributed by atoms with E-state index >= 15 is 0 Å². The van der Waals surface area contributed by atoms with Crippen LogP contribution in [-0.2, 0) is 14.4 Å². The molecule has 1 aromatic rings. The van der Waals surface area contributed by atoms with E-state index in [0.29, 0.717) is 30.0 Å². The molecule has 0 bridgehead atoms. The Kier molecular flexibility index (Phi) is 6.55. The third-order valence-electron chi connectivity index (χ3n) is 4.39. The summed E-state index contributed by atoms with van der Waals surface area (Å²) in [7, 11) is 0. The van der Waals surface area contributed by atoms with Gasteiger partial charge in [0.05, 0.1) is 12.1 Å². The van der Waals surface area contributed by atoms with Gasteiger partial charge in [-0.2, -0.15) is 0 Å². The third kappa shape index (κ3) is 4.64. The van der Waals surface area contributed by atoms with Crippen molar-refractivity contribution in [1.29, 1.82) is 0 Å². The highest BCUT2D eigenvalue weighted by Gasteiger charge is 2.35. The molecule has 1 aromatic carbocycles. The number of rotatable bonds is 8. The van der Waals surface area contributed by atoms with Gasteiger partial charge >= 0.3 is 5.97 Å². The Morgan fingerprint density at radius 1 is 1.30 bits per heavy atom. The predicted molar refractivity (Wildman–Crippen MR) is 98.0 cm³/mol. The molecule has 1 unspecified atom stereocenters. The number of anilines is 1. The Labute approximate surface area is 157 Å². The van der Waals surface area contributed by atoms with Crippen molar-refractivity contribution in [3.63, 3.8) is 0 Å². The highest BCUT2D eigenvalue weighted by Crippen LogP contribution is 2.34. The summed E-state index contributed by atoms with van der Waals surface area (Å²) in [6.07, 6.45) is 0.501. The van der Waals surface area contributed by atoms with E-state index in [-0.39, 0.29) is 31.3 Å². The lowest BCUT2D eigenvalue weighted by Crippen LogP contribution is -2.53. The molecule has 1 atom stereocenters. The predicted octanol–water partition coefficient (Wildman–Crippen LogP) is 1.72. The summed E-state index contributed by atoms with van der Waals surface area (Å²) in [6.45, 7) is 5.17. The van der Waals surface area contributed by atoms with Gasteiger partial charge < -0.3 is 14.7 Å². The van der Waals surface area contributed by atoms with Crippen LogP contribution in [0.25, 0.3) is 0 Å². The number of ether oxygens (including phenoxy) is 1. The van der Waals surface area contributed by atoms with E-state index in [9.17, 15) is 19.2 Å². The summed E-state index contributed by atoms with van der Waals surface area (Å²) in [4.78, 5) is 50.8. The van der Waals surface area contributed by atoms with Crippen molar-refractivity contribution in [1.82, 2.24) is 4.90 Å². The quantitative estimate of drug-likeness (QED) is 0.693. The van der Waals surface area contributed by atoms with Gasteiger partial charge in [-0.3, -0.25) is 24.1 Å². The maximum Gasteiger partial charge on any atom is 0.305 e. The van der Waals surface area contributed by atoms with Crippen LogP contribution < -0.4 is 9.64 Å². The van der Waals surface area contributed by atoms with Crippen molar-refractivity contribution in [2.45, 2.75) is 39.7 Å². The lowest BCUT2D eigenvalue weighted by molar-refractivity contribution is -0.139. The van der Waals surface area contributed by atoms with Crippen molar-refractivity contribution < 1.29 is 29.0 Å². The fourth-order valence-electron chi connectivity index (χ4n) is 3.02. The molecule has 0 radical (unpaired) electrons. The summed E-state index contributed by atoms with van der Waals surface area (Å²) in [5.41, 5.74) is 0.780. The first-order valence-electron chi connectivity index (χ1n) is 8.86. The molecule has 1 aliphatic rings. The molecule has 2 rings (SSSR count). The van der Waals surface area contributed by atoms with Gasteiger partial charge in [-0.25, -0.2) is 0 Å². The maximum atomic E-state index is 13.0. The third-order valence-corrected chi connectivity index (χ3v) is 4.39. The molecule has 0 saturated carbocycles. The number of benzene rings is 1. The first kappa shape index (κ1) is 20.4. The number of nitrogens with zero attached hydrogens (tertiary/aromatic N) is 2. The Morgan fingerprint density at radius 2 is 2.00 bits per heavy atom. The fourth-order valence-corrected chi connectivity index (χ4v) is 3.02. The summed E-state index contributed by atoms with van der Waals surface area (Å²) in [6, 6.07) is 3.91. The van der Waals surface area contributed by atoms with Gasteiger partial charge in [0, 0.05) is 18.7 Å². The lowest BCUT2D eigenvalue weighted by atomic mass is 10.1. The van der Waals surface area contributed by atoms with E-state index in [1.165, 1.54) is 16.7 Å². The average Bonchev–Trinajstić information content (AvgIpc) is 2.63. The second kappa shape index (κ2) is 8.66. The van der Waals surface area contributed by atoms with Crippen LogP contribution in [0.5, 0.6) is 5.75 Å². The number of aliphatic carboxylic acids is 1. The van der Waals surface area contributed by atoms with E-state index in [4.69, 9.17) is 9.84 Å². The molecule has 146 valence electrons. The number of Topliss-reactive ketones (excluding diaryl/α,β-unsaturated/α-hetero) is 1. The van der Waals surface area contributed by atoms with Crippen molar-refractivity contribution >= 4 is 29.3 Å². The zero-order chi connectivity index (χ0) is 20.1. The number of carboxylic acids is 1. The highest BCUT2D eigenvalue weighted by molar-refractivity contribution is 6.05. The molecule has 1 heterocycles. The molecule has 8 heteroatoms. The van der Waals surface area contributed by atoms with Crippen LogP contribution in [0.4, 0.5) is 5.69 Å². The maximum absolute atomic E-state index is 13.0. The minimum atomic E-state index is -0.990. The second-order valence-electron chi connectivity index (χ2n) is 6.44. The van der Waals surface area contributed by atoms with Gasteiger partial charge in [0.15, 0.2) is 12.4 Å². The molecule has 8 nitrogen and oxygen atoms in total. The van der Waals surface area contributed by atoms with Crippen LogP contribution in [-0.4, -0.2) is 59.3 Å². The zero-order valence-corrected chi connectivity index (χ0v) is 15.7. The molecule has 0 fully saturated rings. The molecular weight excluding hydrogens is 352 g/mol. The molecule has 0 aromatic heterocycles. The van der Waals surface area contributed by atoms with E-state index in [2.05, 4.69) is 0 Å². The number of carbonyl (C=O) groups is 4. The summed E-state index contributed by atoms with van der Waals surface area (Å²) < 4.78 is 5.41. The minimum absolute atomic E-state index is 0.0746. The molecule has 0 aliphatic carbocycles. The van der Waals surface area contributed by atoms with Gasteiger partial charge in [-0.15, -0.1) is 0 Å². The SMILES string of the molecule is CCCN(CCC(=O)O)C(=O)C(C)N1C(=O)COc2ccc(C(C)=O)cc21. The van der Waals surface area contributed by atoms with E-state index < -0.39 is 17.9 Å². The number of ketones is 1. The van der Waals surface area contributed by atoms with Crippen LogP contribution in [0.2, 0.25) is 0 Å². The number of carboxylic acid groups (broad SMARTS) is 1. The Bertz CT molecular complexity index is 761. The van der Waals surface area contributed by atoms with Gasteiger partial charge in [-0.05, 0) is 38.5 Å². The Morgan fingerprint density at radius 3 is 2.59 bits per heavy atom. The molecular formula is C19H24N2O6. The average molecular weight is 376 g/mol. The van der Waals surface area contributed by atoms with E-state index in [0.717, 1.165) is 0 Å². The summed E-state index contributed by atoms with van der Waals surface area (Å²) in [5, 5.41) is 8.90. The highest BCUT2D eigenvalue weighted by atomic mass is 16.5. The first-order chi connectivity index (χ1) is 12.8. The zero-order valence-electron chi connectivity index (χ0n) is 15.7. The number of hydrogen-bond acceptors (Lipinski definition) is 5. The fraction of sp³-hybridized carbons (Fsp3) is 0.474. The molecule has 27 heavy (non-hydrogen) atoms. The standard InChI is InChI=1S/C19H24N2O6/c1-4-8-20(9-7-18(24)25)19(26)12(2)21-15-10-14(13(3)22)5-6-16(15)27-11-17(21)23/h5-6,10,12H,4,7-9,11H2,1-3H3,(H,24,25). The molecule has 0 saturated heterocycles. The van der Waals surface area contributed by atoms with Crippen molar-refractivity contribution in [3.05, 3.63) is 23.8 Å². The molecule has 1 N–H and O–H groups in total. The minimum Gasteiger partial charge on any atom is -0.482 e. The van der Waals surface area contributed by atoms with E-state index in [1.54, 1.807) is 25.1 Å².